The Bertz CT molecular complexity index is 2230. The summed E-state index contributed by atoms with van der Waals surface area (Å²) < 4.78 is 50.4. The van der Waals surface area contributed by atoms with Gasteiger partial charge in [0.2, 0.25) is 17.7 Å². The summed E-state index contributed by atoms with van der Waals surface area (Å²) >= 11 is 0. The van der Waals surface area contributed by atoms with Gasteiger partial charge in [0.15, 0.2) is 11.3 Å². The monoisotopic (exact) mass is 791 g/mol. The Balaban J connectivity index is 0.815. The van der Waals surface area contributed by atoms with Crippen LogP contribution >= 0.6 is 0 Å². The third-order valence-corrected chi connectivity index (χ3v) is 10.7. The van der Waals surface area contributed by atoms with Gasteiger partial charge in [0, 0.05) is 82.2 Å². The summed E-state index contributed by atoms with van der Waals surface area (Å²) in [7, 11) is 0. The number of anilines is 3. The molecule has 0 saturated carbocycles. The molecule has 3 aromatic heterocycles. The van der Waals surface area contributed by atoms with E-state index in [0.29, 0.717) is 69.0 Å². The fraction of sp³-hybridized carbons (Fsp3) is 0.459. The van der Waals surface area contributed by atoms with E-state index in [1.165, 1.54) is 15.6 Å². The fourth-order valence-electron chi connectivity index (χ4n) is 7.88. The molecule has 2 unspecified atom stereocenters. The normalized spacial score (nSPS) is 20.0. The minimum Gasteiger partial charge on any atom is -0.372 e. The highest BCUT2D eigenvalue weighted by Gasteiger charge is 2.40. The Morgan fingerprint density at radius 3 is 2.56 bits per heavy atom. The van der Waals surface area contributed by atoms with Gasteiger partial charge in [-0.2, -0.15) is 23.4 Å². The highest BCUT2D eigenvalue weighted by atomic mass is 19.4. The molecule has 3 N–H and O–H groups in total. The molecule has 20 heteroatoms. The average Bonchev–Trinajstić information content (AvgIpc) is 4.01. The van der Waals surface area contributed by atoms with Crippen LogP contribution < -0.4 is 20.9 Å². The van der Waals surface area contributed by atoms with Gasteiger partial charge in [-0.05, 0) is 55.9 Å². The van der Waals surface area contributed by atoms with Gasteiger partial charge >= 0.3 is 12.2 Å². The number of amides is 6. The number of rotatable bonds is 10. The van der Waals surface area contributed by atoms with Crippen LogP contribution in [0.4, 0.5) is 35.0 Å². The second-order valence-corrected chi connectivity index (χ2v) is 14.5. The van der Waals surface area contributed by atoms with Gasteiger partial charge < -0.3 is 30.1 Å². The van der Waals surface area contributed by atoms with Crippen LogP contribution in [-0.4, -0.2) is 103 Å². The molecule has 300 valence electrons. The van der Waals surface area contributed by atoms with Gasteiger partial charge in [-0.25, -0.2) is 14.3 Å². The van der Waals surface area contributed by atoms with E-state index in [4.69, 9.17) is 4.74 Å². The molecular formula is C37H40F3N11O6. The Kier molecular flexibility index (Phi) is 10.3. The van der Waals surface area contributed by atoms with Crippen molar-refractivity contribution in [1.29, 1.82) is 0 Å². The number of piperazine rings is 1. The standard InChI is InChI=1S/C37H40F3N11O6/c38-37(39,40)33-26(44-36(56)43-25-19-41-29-10-11-42-51(29)32(25)28-4-3-17-57-28)21-49(46-33)12-2-1-5-31(53)48-15-13-47(14-16-48)23-6-7-24-22(18-23)20-50(35(24)55)27-8-9-30(52)45-34(27)54/h6-7,10-11,18-19,21,27-28H,1-5,8-9,12-17,20H2,(H2,43,44,56)(H,45,52,54). The molecule has 17 nitrogen and oxygen atoms in total. The molecule has 0 radical (unpaired) electrons. The molecule has 7 heterocycles. The van der Waals surface area contributed by atoms with Crippen molar-refractivity contribution in [2.75, 3.05) is 48.3 Å². The van der Waals surface area contributed by atoms with Crippen LogP contribution in [0.15, 0.2) is 42.9 Å². The molecular weight excluding hydrogens is 751 g/mol. The smallest absolute Gasteiger partial charge is 0.372 e. The van der Waals surface area contributed by atoms with Gasteiger partial charge in [0.25, 0.3) is 5.91 Å². The number of unbranched alkanes of at least 4 members (excludes halogenated alkanes) is 1. The van der Waals surface area contributed by atoms with E-state index in [9.17, 15) is 37.1 Å². The van der Waals surface area contributed by atoms with Crippen molar-refractivity contribution in [3.63, 3.8) is 0 Å². The highest BCUT2D eigenvalue weighted by molar-refractivity contribution is 6.05. The first-order valence-electron chi connectivity index (χ1n) is 18.9. The number of aromatic nitrogens is 5. The highest BCUT2D eigenvalue weighted by Crippen LogP contribution is 2.36. The average molecular weight is 792 g/mol. The van der Waals surface area contributed by atoms with Crippen LogP contribution in [0.2, 0.25) is 0 Å². The molecule has 3 fully saturated rings. The van der Waals surface area contributed by atoms with E-state index < -0.39 is 35.5 Å². The number of fused-ring (bicyclic) bond motifs is 2. The zero-order chi connectivity index (χ0) is 39.8. The quantitative estimate of drug-likeness (QED) is 0.158. The van der Waals surface area contributed by atoms with Crippen LogP contribution in [0.1, 0.15) is 78.4 Å². The first-order chi connectivity index (χ1) is 27.4. The summed E-state index contributed by atoms with van der Waals surface area (Å²) in [5.74, 6) is -1.10. The van der Waals surface area contributed by atoms with Crippen molar-refractivity contribution in [2.24, 2.45) is 0 Å². The summed E-state index contributed by atoms with van der Waals surface area (Å²) in [6, 6.07) is 5.63. The number of alkyl halides is 3. The molecule has 6 amide bonds. The Morgan fingerprint density at radius 2 is 1.81 bits per heavy atom. The van der Waals surface area contributed by atoms with E-state index in [1.807, 2.05) is 12.1 Å². The molecule has 3 saturated heterocycles. The molecule has 1 aromatic carbocycles. The maximum atomic E-state index is 14.0. The maximum Gasteiger partial charge on any atom is 0.437 e. The molecule has 4 aliphatic heterocycles. The van der Waals surface area contributed by atoms with E-state index in [-0.39, 0.29) is 61.9 Å². The number of nitrogens with zero attached hydrogens (tertiary/aromatic N) is 8. The molecule has 0 spiro atoms. The Labute approximate surface area is 323 Å². The number of hydrogen-bond donors (Lipinski definition) is 3. The number of benzene rings is 1. The van der Waals surface area contributed by atoms with Crippen LogP contribution in [-0.2, 0) is 38.4 Å². The lowest BCUT2D eigenvalue weighted by atomic mass is 10.0. The SMILES string of the molecule is O=C1CCC(N2Cc3cc(N4CCN(C(=O)CCCCn5cc(NC(=O)Nc6cnc7ccnn7c6C6CCCO6)c(C(F)(F)F)n5)CC4)ccc3C2=O)C(=O)N1. The first kappa shape index (κ1) is 37.9. The number of halogens is 3. The minimum absolute atomic E-state index is 0.0604. The molecule has 0 aliphatic carbocycles. The number of nitrogens with one attached hydrogen (secondary N) is 3. The van der Waals surface area contributed by atoms with Crippen molar-refractivity contribution in [1.82, 2.24) is 39.5 Å². The van der Waals surface area contributed by atoms with Crippen molar-refractivity contribution < 1.29 is 41.9 Å². The number of hydrogen-bond acceptors (Lipinski definition) is 10. The second kappa shape index (κ2) is 15.5. The fourth-order valence-corrected chi connectivity index (χ4v) is 7.88. The molecule has 2 atom stereocenters. The topological polar surface area (TPSA) is 188 Å². The summed E-state index contributed by atoms with van der Waals surface area (Å²) in [6.45, 7) is 2.98. The van der Waals surface area contributed by atoms with Crippen LogP contribution in [0.5, 0.6) is 0 Å². The largest absolute Gasteiger partial charge is 0.437 e. The van der Waals surface area contributed by atoms with Crippen LogP contribution in [0.25, 0.3) is 5.65 Å². The number of ether oxygens (including phenoxy) is 1. The minimum atomic E-state index is -4.84. The third-order valence-electron chi connectivity index (χ3n) is 10.7. The third kappa shape index (κ3) is 7.85. The van der Waals surface area contributed by atoms with Gasteiger partial charge in [-0.1, -0.05) is 0 Å². The van der Waals surface area contributed by atoms with Crippen molar-refractivity contribution >= 4 is 52.4 Å². The van der Waals surface area contributed by atoms with E-state index >= 15 is 0 Å². The maximum absolute atomic E-state index is 14.0. The summed E-state index contributed by atoms with van der Waals surface area (Å²) in [4.78, 5) is 72.8. The summed E-state index contributed by atoms with van der Waals surface area (Å²) in [6.07, 6.45) is 1.85. The lowest BCUT2D eigenvalue weighted by Gasteiger charge is -2.36. The van der Waals surface area contributed by atoms with Crippen molar-refractivity contribution in [3.05, 3.63) is 65.4 Å². The molecule has 4 aliphatic rings. The Morgan fingerprint density at radius 1 is 1.00 bits per heavy atom. The number of urea groups is 1. The number of imide groups is 1. The molecule has 57 heavy (non-hydrogen) atoms. The number of aryl methyl sites for hydroxylation is 1. The van der Waals surface area contributed by atoms with Gasteiger partial charge in [0.05, 0.1) is 29.5 Å². The van der Waals surface area contributed by atoms with E-state index in [1.54, 1.807) is 23.2 Å². The van der Waals surface area contributed by atoms with Gasteiger partial charge in [0.1, 0.15) is 12.1 Å². The lowest BCUT2D eigenvalue weighted by Crippen LogP contribution is -2.52. The predicted molar refractivity (Wildman–Crippen MR) is 196 cm³/mol. The number of carbonyl (C=O) groups is 5. The summed E-state index contributed by atoms with van der Waals surface area (Å²) in [5.41, 5.74) is 1.81. The second-order valence-electron chi connectivity index (χ2n) is 14.5. The molecule has 0 bridgehead atoms. The van der Waals surface area contributed by atoms with E-state index in [2.05, 4.69) is 36.0 Å². The number of carbonyl (C=O) groups excluding carboxylic acids is 5. The Hall–Kier alpha value is -6.05. The van der Waals surface area contributed by atoms with Crippen molar-refractivity contribution in [3.8, 4) is 0 Å². The van der Waals surface area contributed by atoms with Gasteiger partial charge in [-0.15, -0.1) is 0 Å². The zero-order valence-electron chi connectivity index (χ0n) is 30.8. The van der Waals surface area contributed by atoms with Crippen molar-refractivity contribution in [2.45, 2.75) is 76.4 Å². The molecule has 4 aromatic rings. The predicted octanol–water partition coefficient (Wildman–Crippen LogP) is 3.72. The van der Waals surface area contributed by atoms with Crippen LogP contribution in [0, 0.1) is 0 Å². The summed E-state index contributed by atoms with van der Waals surface area (Å²) in [5, 5.41) is 15.2. The van der Waals surface area contributed by atoms with Crippen LogP contribution in [0.3, 0.4) is 0 Å². The molecule has 8 rings (SSSR count). The van der Waals surface area contributed by atoms with Gasteiger partial charge in [-0.3, -0.25) is 29.2 Å². The lowest BCUT2D eigenvalue weighted by molar-refractivity contribution is -0.141. The zero-order valence-corrected chi connectivity index (χ0v) is 30.8. The first-order valence-corrected chi connectivity index (χ1v) is 18.9. The van der Waals surface area contributed by atoms with E-state index in [0.717, 1.165) is 28.6 Å². The number of piperidine rings is 1.